The number of hydrogen-bond donors (Lipinski definition) is 1. The van der Waals surface area contributed by atoms with Crippen LogP contribution in [0, 0.1) is 6.92 Å². The smallest absolute Gasteiger partial charge is 0.124 e. The number of rotatable bonds is 6. The van der Waals surface area contributed by atoms with E-state index in [4.69, 9.17) is 16.3 Å². The van der Waals surface area contributed by atoms with Gasteiger partial charge in [-0.1, -0.05) is 18.5 Å². The molecule has 0 aliphatic carbocycles. The van der Waals surface area contributed by atoms with E-state index in [1.807, 2.05) is 29.1 Å². The summed E-state index contributed by atoms with van der Waals surface area (Å²) in [5, 5.41) is 8.47. The lowest BCUT2D eigenvalue weighted by molar-refractivity contribution is 0.407. The van der Waals surface area contributed by atoms with Gasteiger partial charge in [-0.2, -0.15) is 5.10 Å². The number of ether oxygens (including phenoxy) is 1. The van der Waals surface area contributed by atoms with Crippen LogP contribution in [0.25, 0.3) is 0 Å². The Morgan fingerprint density at radius 3 is 2.85 bits per heavy atom. The molecule has 1 N–H and O–H groups in total. The average molecular weight is 294 g/mol. The Kier molecular flexibility index (Phi) is 5.04. The standard InChI is InChI=1S/C15H20ClN3O/c1-4-17-8-13-9-18-19(11(13)2)10-12-7-14(16)5-6-15(12)20-3/h5-7,9,17H,4,8,10H2,1-3H3. The summed E-state index contributed by atoms with van der Waals surface area (Å²) in [5.41, 5.74) is 3.40. The maximum atomic E-state index is 6.06. The van der Waals surface area contributed by atoms with E-state index >= 15 is 0 Å². The molecule has 0 amide bonds. The van der Waals surface area contributed by atoms with Gasteiger partial charge in [0.1, 0.15) is 5.75 Å². The highest BCUT2D eigenvalue weighted by molar-refractivity contribution is 6.30. The summed E-state index contributed by atoms with van der Waals surface area (Å²) in [6, 6.07) is 5.64. The Morgan fingerprint density at radius 1 is 1.35 bits per heavy atom. The zero-order valence-corrected chi connectivity index (χ0v) is 12.9. The van der Waals surface area contributed by atoms with Crippen molar-refractivity contribution in [2.24, 2.45) is 0 Å². The minimum atomic E-state index is 0.654. The van der Waals surface area contributed by atoms with Crippen LogP contribution < -0.4 is 10.1 Å². The van der Waals surface area contributed by atoms with Crippen molar-refractivity contribution in [2.45, 2.75) is 26.9 Å². The molecule has 5 heteroatoms. The lowest BCUT2D eigenvalue weighted by atomic mass is 10.2. The first-order chi connectivity index (χ1) is 9.65. The number of hydrogen-bond acceptors (Lipinski definition) is 3. The van der Waals surface area contributed by atoms with Crippen LogP contribution >= 0.6 is 11.6 Å². The molecule has 0 spiro atoms. The van der Waals surface area contributed by atoms with Crippen molar-refractivity contribution in [1.29, 1.82) is 0 Å². The lowest BCUT2D eigenvalue weighted by Crippen LogP contribution is -2.12. The summed E-state index contributed by atoms with van der Waals surface area (Å²) in [4.78, 5) is 0. The Labute approximate surface area is 124 Å². The maximum Gasteiger partial charge on any atom is 0.124 e. The summed E-state index contributed by atoms with van der Waals surface area (Å²) in [5.74, 6) is 0.831. The van der Waals surface area contributed by atoms with Gasteiger partial charge in [0.2, 0.25) is 0 Å². The van der Waals surface area contributed by atoms with Gasteiger partial charge in [0, 0.05) is 28.4 Å². The highest BCUT2D eigenvalue weighted by Gasteiger charge is 2.10. The van der Waals surface area contributed by atoms with Gasteiger partial charge in [-0.25, -0.2) is 0 Å². The van der Waals surface area contributed by atoms with Crippen molar-refractivity contribution in [3.05, 3.63) is 46.2 Å². The van der Waals surface area contributed by atoms with Crippen molar-refractivity contribution < 1.29 is 4.74 Å². The molecular weight excluding hydrogens is 274 g/mol. The predicted octanol–water partition coefficient (Wildman–Crippen LogP) is 3.01. The molecule has 0 bridgehead atoms. The minimum absolute atomic E-state index is 0.654. The van der Waals surface area contributed by atoms with Crippen LogP contribution in [0.15, 0.2) is 24.4 Å². The van der Waals surface area contributed by atoms with Crippen molar-refractivity contribution in [2.75, 3.05) is 13.7 Å². The fourth-order valence-electron chi connectivity index (χ4n) is 2.11. The molecule has 2 rings (SSSR count). The van der Waals surface area contributed by atoms with Crippen LogP contribution in [0.5, 0.6) is 5.75 Å². The van der Waals surface area contributed by atoms with Crippen molar-refractivity contribution in [3.63, 3.8) is 0 Å². The fourth-order valence-corrected chi connectivity index (χ4v) is 2.30. The topological polar surface area (TPSA) is 39.1 Å². The van der Waals surface area contributed by atoms with Gasteiger partial charge in [0.15, 0.2) is 0 Å². The third-order valence-corrected chi connectivity index (χ3v) is 3.57. The van der Waals surface area contributed by atoms with Gasteiger partial charge in [0.05, 0.1) is 19.9 Å². The van der Waals surface area contributed by atoms with E-state index in [9.17, 15) is 0 Å². The molecular formula is C15H20ClN3O. The molecule has 0 saturated carbocycles. The van der Waals surface area contributed by atoms with E-state index in [0.29, 0.717) is 11.6 Å². The maximum absolute atomic E-state index is 6.06. The van der Waals surface area contributed by atoms with Gasteiger partial charge < -0.3 is 10.1 Å². The molecule has 1 aromatic heterocycles. The summed E-state index contributed by atoms with van der Waals surface area (Å²) in [7, 11) is 1.67. The molecule has 0 aliphatic heterocycles. The quantitative estimate of drug-likeness (QED) is 0.890. The van der Waals surface area contributed by atoms with Gasteiger partial charge in [-0.15, -0.1) is 0 Å². The van der Waals surface area contributed by atoms with Gasteiger partial charge in [-0.05, 0) is 31.7 Å². The summed E-state index contributed by atoms with van der Waals surface area (Å²) in [6.07, 6.45) is 1.91. The van der Waals surface area contributed by atoms with Crippen molar-refractivity contribution in [1.82, 2.24) is 15.1 Å². The van der Waals surface area contributed by atoms with E-state index in [-0.39, 0.29) is 0 Å². The van der Waals surface area contributed by atoms with Crippen LogP contribution in [0.3, 0.4) is 0 Å². The zero-order valence-electron chi connectivity index (χ0n) is 12.1. The molecule has 1 aromatic carbocycles. The van der Waals surface area contributed by atoms with Crippen LogP contribution in [0.4, 0.5) is 0 Å². The zero-order chi connectivity index (χ0) is 14.5. The van der Waals surface area contributed by atoms with Gasteiger partial charge >= 0.3 is 0 Å². The van der Waals surface area contributed by atoms with E-state index in [1.165, 1.54) is 5.56 Å². The largest absolute Gasteiger partial charge is 0.496 e. The highest BCUT2D eigenvalue weighted by Crippen LogP contribution is 2.24. The van der Waals surface area contributed by atoms with E-state index in [0.717, 1.165) is 30.1 Å². The number of methoxy groups -OCH3 is 1. The number of aromatic nitrogens is 2. The molecule has 0 aliphatic rings. The molecule has 108 valence electrons. The summed E-state index contributed by atoms with van der Waals surface area (Å²) in [6.45, 7) is 6.62. The van der Waals surface area contributed by atoms with Crippen molar-refractivity contribution in [3.8, 4) is 5.75 Å². The summed E-state index contributed by atoms with van der Waals surface area (Å²) >= 11 is 6.06. The minimum Gasteiger partial charge on any atom is -0.496 e. The average Bonchev–Trinajstić information content (AvgIpc) is 2.78. The molecule has 2 aromatic rings. The monoisotopic (exact) mass is 293 g/mol. The summed E-state index contributed by atoms with van der Waals surface area (Å²) < 4.78 is 7.35. The SMILES string of the molecule is CCNCc1cnn(Cc2cc(Cl)ccc2OC)c1C. The van der Waals surface area contributed by atoms with E-state index < -0.39 is 0 Å². The van der Waals surface area contributed by atoms with Gasteiger partial charge in [-0.3, -0.25) is 4.68 Å². The number of nitrogens with zero attached hydrogens (tertiary/aromatic N) is 2. The second kappa shape index (κ2) is 6.77. The highest BCUT2D eigenvalue weighted by atomic mass is 35.5. The molecule has 0 fully saturated rings. The molecule has 20 heavy (non-hydrogen) atoms. The molecule has 0 saturated heterocycles. The predicted molar refractivity (Wildman–Crippen MR) is 81.5 cm³/mol. The van der Waals surface area contributed by atoms with Crippen LogP contribution in [-0.4, -0.2) is 23.4 Å². The number of nitrogens with one attached hydrogen (secondary N) is 1. The lowest BCUT2D eigenvalue weighted by Gasteiger charge is -2.11. The van der Waals surface area contributed by atoms with E-state index in [1.54, 1.807) is 7.11 Å². The molecule has 0 atom stereocenters. The Balaban J connectivity index is 2.22. The third kappa shape index (κ3) is 3.32. The first-order valence-electron chi connectivity index (χ1n) is 6.70. The second-order valence-electron chi connectivity index (χ2n) is 4.65. The Hall–Kier alpha value is -1.52. The van der Waals surface area contributed by atoms with Crippen LogP contribution in [0.1, 0.15) is 23.7 Å². The van der Waals surface area contributed by atoms with Crippen LogP contribution in [0.2, 0.25) is 5.02 Å². The van der Waals surface area contributed by atoms with Crippen molar-refractivity contribution >= 4 is 11.6 Å². The van der Waals surface area contributed by atoms with Crippen LogP contribution in [-0.2, 0) is 13.1 Å². The third-order valence-electron chi connectivity index (χ3n) is 3.33. The fraction of sp³-hybridized carbons (Fsp3) is 0.400. The second-order valence-corrected chi connectivity index (χ2v) is 5.09. The Morgan fingerprint density at radius 2 is 2.15 bits per heavy atom. The first-order valence-corrected chi connectivity index (χ1v) is 7.08. The molecule has 4 nitrogen and oxygen atoms in total. The first kappa shape index (κ1) is 14.9. The normalized spacial score (nSPS) is 10.8. The number of halogens is 1. The molecule has 1 heterocycles. The molecule has 0 radical (unpaired) electrons. The van der Waals surface area contributed by atoms with E-state index in [2.05, 4.69) is 24.3 Å². The van der Waals surface area contributed by atoms with Gasteiger partial charge in [0.25, 0.3) is 0 Å². The molecule has 0 unspecified atom stereocenters. The Bertz CT molecular complexity index is 580. The number of benzene rings is 1.